The van der Waals surface area contributed by atoms with Gasteiger partial charge in [-0.05, 0) is 73.3 Å². The minimum absolute atomic E-state index is 0.248. The molecular weight excluding hydrogens is 504 g/mol. The van der Waals surface area contributed by atoms with Crippen LogP contribution >= 0.6 is 22.9 Å². The van der Waals surface area contributed by atoms with E-state index in [1.54, 1.807) is 54.6 Å². The molecule has 9 heteroatoms. The van der Waals surface area contributed by atoms with Gasteiger partial charge < -0.3 is 10.1 Å². The van der Waals surface area contributed by atoms with Gasteiger partial charge in [-0.15, -0.1) is 11.3 Å². The fourth-order valence-corrected chi connectivity index (χ4v) is 6.35. The molecule has 0 atom stereocenters. The summed E-state index contributed by atoms with van der Waals surface area (Å²) in [6, 6.07) is 19.0. The van der Waals surface area contributed by atoms with Crippen molar-refractivity contribution in [2.24, 2.45) is 0 Å². The number of nitrogens with zero attached hydrogens (tertiary/aromatic N) is 1. The van der Waals surface area contributed by atoms with Gasteiger partial charge >= 0.3 is 0 Å². The molecule has 1 N–H and O–H groups in total. The number of fused-ring (bicyclic) bond motifs is 1. The third kappa shape index (κ3) is 5.29. The van der Waals surface area contributed by atoms with Crippen molar-refractivity contribution < 1.29 is 17.9 Å². The third-order valence-electron chi connectivity index (χ3n) is 5.46. The number of ether oxygens (including phenoxy) is 1. The summed E-state index contributed by atoms with van der Waals surface area (Å²) in [4.78, 5) is 13.7. The predicted molar refractivity (Wildman–Crippen MR) is 144 cm³/mol. The van der Waals surface area contributed by atoms with E-state index < -0.39 is 10.0 Å². The SMILES string of the molecule is CCCN(c1ccc2sc(C(=O)Nc3cc(Cl)ccc3OC)cc2c1)S(=O)(=O)c1ccc(C)cc1. The van der Waals surface area contributed by atoms with Gasteiger partial charge in [0.1, 0.15) is 5.75 Å². The van der Waals surface area contributed by atoms with Crippen LogP contribution in [-0.4, -0.2) is 28.0 Å². The van der Waals surface area contributed by atoms with Gasteiger partial charge in [0.2, 0.25) is 0 Å². The summed E-state index contributed by atoms with van der Waals surface area (Å²) >= 11 is 7.40. The van der Waals surface area contributed by atoms with Gasteiger partial charge in [-0.2, -0.15) is 0 Å². The molecule has 0 bridgehead atoms. The minimum Gasteiger partial charge on any atom is -0.495 e. The highest BCUT2D eigenvalue weighted by molar-refractivity contribution is 7.92. The predicted octanol–water partition coefficient (Wildman–Crippen LogP) is 6.73. The molecule has 0 saturated carbocycles. The van der Waals surface area contributed by atoms with E-state index in [1.807, 2.05) is 26.0 Å². The zero-order valence-corrected chi connectivity index (χ0v) is 21.9. The number of anilines is 2. The van der Waals surface area contributed by atoms with Crippen LogP contribution in [0.4, 0.5) is 11.4 Å². The van der Waals surface area contributed by atoms with E-state index in [9.17, 15) is 13.2 Å². The van der Waals surface area contributed by atoms with Crippen LogP contribution in [0.15, 0.2) is 71.6 Å². The lowest BCUT2D eigenvalue weighted by atomic mass is 10.2. The second-order valence-corrected chi connectivity index (χ2v) is 11.4. The molecule has 0 aliphatic carbocycles. The summed E-state index contributed by atoms with van der Waals surface area (Å²) in [7, 11) is -2.21. The number of nitrogens with one attached hydrogen (secondary N) is 1. The quantitative estimate of drug-likeness (QED) is 0.275. The molecular formula is C26H25ClN2O4S2. The molecule has 4 aromatic rings. The summed E-state index contributed by atoms with van der Waals surface area (Å²) in [6.45, 7) is 4.20. The van der Waals surface area contributed by atoms with Crippen molar-refractivity contribution in [1.29, 1.82) is 0 Å². The molecule has 1 aromatic heterocycles. The number of benzene rings is 3. The van der Waals surface area contributed by atoms with Crippen LogP contribution in [0, 0.1) is 6.92 Å². The highest BCUT2D eigenvalue weighted by Gasteiger charge is 2.25. The number of aryl methyl sites for hydroxylation is 1. The Morgan fingerprint density at radius 2 is 1.80 bits per heavy atom. The van der Waals surface area contributed by atoms with Crippen LogP contribution < -0.4 is 14.4 Å². The average Bonchev–Trinajstić information content (AvgIpc) is 3.26. The number of amides is 1. The molecule has 0 aliphatic rings. The summed E-state index contributed by atoms with van der Waals surface area (Å²) in [5.74, 6) is 0.202. The Morgan fingerprint density at radius 3 is 2.49 bits per heavy atom. The summed E-state index contributed by atoms with van der Waals surface area (Å²) in [5.41, 5.74) is 2.02. The lowest BCUT2D eigenvalue weighted by Crippen LogP contribution is -2.31. The van der Waals surface area contributed by atoms with Gasteiger partial charge in [-0.25, -0.2) is 8.42 Å². The van der Waals surface area contributed by atoms with Gasteiger partial charge in [0.05, 0.1) is 28.3 Å². The molecule has 0 unspecified atom stereocenters. The highest BCUT2D eigenvalue weighted by atomic mass is 35.5. The molecule has 3 aromatic carbocycles. The molecule has 0 saturated heterocycles. The van der Waals surface area contributed by atoms with E-state index in [0.29, 0.717) is 40.0 Å². The van der Waals surface area contributed by atoms with E-state index >= 15 is 0 Å². The Bertz CT molecular complexity index is 1480. The van der Waals surface area contributed by atoms with Gasteiger partial charge in [0.15, 0.2) is 0 Å². The molecule has 0 spiro atoms. The van der Waals surface area contributed by atoms with Crippen LogP contribution in [0.1, 0.15) is 28.6 Å². The van der Waals surface area contributed by atoms with Crippen molar-refractivity contribution in [3.05, 3.63) is 82.2 Å². The lowest BCUT2D eigenvalue weighted by Gasteiger charge is -2.24. The van der Waals surface area contributed by atoms with Crippen molar-refractivity contribution in [3.63, 3.8) is 0 Å². The Morgan fingerprint density at radius 1 is 1.06 bits per heavy atom. The second-order valence-electron chi connectivity index (χ2n) is 8.02. The first-order valence-corrected chi connectivity index (χ1v) is 13.6. The first-order valence-electron chi connectivity index (χ1n) is 11.0. The van der Waals surface area contributed by atoms with Gasteiger partial charge in [-0.1, -0.05) is 36.2 Å². The number of thiophene rings is 1. The molecule has 35 heavy (non-hydrogen) atoms. The Kier molecular flexibility index (Phi) is 7.35. The molecule has 0 aliphatic heterocycles. The van der Waals surface area contributed by atoms with Gasteiger partial charge in [0.25, 0.3) is 15.9 Å². The van der Waals surface area contributed by atoms with Gasteiger partial charge in [0, 0.05) is 16.3 Å². The molecule has 0 radical (unpaired) electrons. The zero-order valence-electron chi connectivity index (χ0n) is 19.5. The monoisotopic (exact) mass is 528 g/mol. The molecule has 6 nitrogen and oxygen atoms in total. The minimum atomic E-state index is -3.73. The molecule has 1 amide bonds. The number of carbonyl (C=O) groups is 1. The van der Waals surface area contributed by atoms with Crippen molar-refractivity contribution in [3.8, 4) is 5.75 Å². The fourth-order valence-electron chi connectivity index (χ4n) is 3.69. The summed E-state index contributed by atoms with van der Waals surface area (Å²) in [5, 5.41) is 4.11. The molecule has 0 fully saturated rings. The molecule has 4 rings (SSSR count). The van der Waals surface area contributed by atoms with Crippen molar-refractivity contribution >= 4 is 60.3 Å². The Labute approximate surface area is 214 Å². The number of hydrogen-bond acceptors (Lipinski definition) is 5. The maximum Gasteiger partial charge on any atom is 0.265 e. The smallest absolute Gasteiger partial charge is 0.265 e. The average molecular weight is 529 g/mol. The number of sulfonamides is 1. The van der Waals surface area contributed by atoms with E-state index in [1.165, 1.54) is 22.8 Å². The Balaban J connectivity index is 1.66. The van der Waals surface area contributed by atoms with E-state index in [4.69, 9.17) is 16.3 Å². The first kappa shape index (κ1) is 25.0. The molecule has 1 heterocycles. The third-order valence-corrected chi connectivity index (χ3v) is 8.65. The van der Waals surface area contributed by atoms with Crippen molar-refractivity contribution in [2.75, 3.05) is 23.3 Å². The van der Waals surface area contributed by atoms with E-state index in [-0.39, 0.29) is 10.8 Å². The van der Waals surface area contributed by atoms with Crippen LogP contribution in [-0.2, 0) is 10.0 Å². The summed E-state index contributed by atoms with van der Waals surface area (Å²) in [6.07, 6.45) is 0.655. The topological polar surface area (TPSA) is 75.7 Å². The number of hydrogen-bond donors (Lipinski definition) is 1. The summed E-state index contributed by atoms with van der Waals surface area (Å²) < 4.78 is 34.4. The van der Waals surface area contributed by atoms with E-state index in [2.05, 4.69) is 5.32 Å². The maximum atomic E-state index is 13.4. The number of carbonyl (C=O) groups excluding carboxylic acids is 1. The lowest BCUT2D eigenvalue weighted by molar-refractivity contribution is 0.103. The largest absolute Gasteiger partial charge is 0.495 e. The molecule has 182 valence electrons. The highest BCUT2D eigenvalue weighted by Crippen LogP contribution is 2.33. The van der Waals surface area contributed by atoms with Crippen molar-refractivity contribution in [1.82, 2.24) is 0 Å². The van der Waals surface area contributed by atoms with E-state index in [0.717, 1.165) is 15.6 Å². The fraction of sp³-hybridized carbons (Fsp3) is 0.192. The van der Waals surface area contributed by atoms with Crippen LogP contribution in [0.25, 0.3) is 10.1 Å². The first-order chi connectivity index (χ1) is 16.7. The van der Waals surface area contributed by atoms with Gasteiger partial charge in [-0.3, -0.25) is 9.10 Å². The van der Waals surface area contributed by atoms with Crippen LogP contribution in [0.5, 0.6) is 5.75 Å². The second kappa shape index (κ2) is 10.3. The Hall–Kier alpha value is -3.07. The number of halogens is 1. The van der Waals surface area contributed by atoms with Crippen LogP contribution in [0.2, 0.25) is 5.02 Å². The maximum absolute atomic E-state index is 13.4. The standard InChI is InChI=1S/C26H25ClN2O4S2/c1-4-13-29(35(31,32)21-9-5-17(2)6-10-21)20-8-12-24-18(14-20)15-25(34-24)26(30)28-22-16-19(27)7-11-23(22)33-3/h5-12,14-16H,4,13H2,1-3H3,(H,28,30). The van der Waals surface area contributed by atoms with Crippen molar-refractivity contribution in [2.45, 2.75) is 25.2 Å². The number of rotatable bonds is 8. The number of methoxy groups -OCH3 is 1. The normalized spacial score (nSPS) is 11.4. The van der Waals surface area contributed by atoms with Crippen LogP contribution in [0.3, 0.4) is 0 Å². The zero-order chi connectivity index (χ0) is 25.2.